The molecule has 6 heteroatoms. The van der Waals surface area contributed by atoms with Crippen LogP contribution in [-0.2, 0) is 14.4 Å². The summed E-state index contributed by atoms with van der Waals surface area (Å²) in [6.07, 6.45) is 4.13. The second-order valence-electron chi connectivity index (χ2n) is 6.36. The van der Waals surface area contributed by atoms with Gasteiger partial charge in [-0.2, -0.15) is 0 Å². The molecule has 3 amide bonds. The molecule has 0 unspecified atom stereocenters. The summed E-state index contributed by atoms with van der Waals surface area (Å²) in [5, 5.41) is 2.53. The molecule has 0 aromatic heterocycles. The molecule has 124 valence electrons. The second-order valence-corrected chi connectivity index (χ2v) is 6.36. The van der Waals surface area contributed by atoms with Gasteiger partial charge in [0.25, 0.3) is 0 Å². The van der Waals surface area contributed by atoms with E-state index in [1.807, 2.05) is 4.90 Å². The SMILES string of the molecule is CCC[C@H]1C[C@H]1C(=O)N1CCCN(C(=O)CNC(C)=O)CC1. The van der Waals surface area contributed by atoms with Crippen molar-refractivity contribution in [2.24, 2.45) is 11.8 Å². The number of carbonyl (C=O) groups is 3. The van der Waals surface area contributed by atoms with E-state index in [1.165, 1.54) is 6.92 Å². The minimum absolute atomic E-state index is 0.0461. The van der Waals surface area contributed by atoms with Crippen LogP contribution in [0.1, 0.15) is 39.5 Å². The van der Waals surface area contributed by atoms with E-state index in [1.54, 1.807) is 4.90 Å². The summed E-state index contributed by atoms with van der Waals surface area (Å²) < 4.78 is 0. The Morgan fingerprint density at radius 1 is 1.09 bits per heavy atom. The number of carbonyl (C=O) groups excluding carboxylic acids is 3. The first-order valence-corrected chi connectivity index (χ1v) is 8.34. The quantitative estimate of drug-likeness (QED) is 0.809. The maximum atomic E-state index is 12.5. The minimum Gasteiger partial charge on any atom is -0.347 e. The van der Waals surface area contributed by atoms with Crippen LogP contribution in [0.4, 0.5) is 0 Å². The van der Waals surface area contributed by atoms with Crippen LogP contribution >= 0.6 is 0 Å². The molecule has 1 saturated heterocycles. The molecule has 2 atom stereocenters. The molecule has 2 rings (SSSR count). The molecule has 0 bridgehead atoms. The first kappa shape index (κ1) is 16.8. The summed E-state index contributed by atoms with van der Waals surface area (Å²) in [6, 6.07) is 0. The third kappa shape index (κ3) is 4.45. The topological polar surface area (TPSA) is 69.7 Å². The van der Waals surface area contributed by atoms with Crippen LogP contribution in [0, 0.1) is 11.8 Å². The molecule has 6 nitrogen and oxygen atoms in total. The van der Waals surface area contributed by atoms with Crippen molar-refractivity contribution in [1.29, 1.82) is 0 Å². The maximum absolute atomic E-state index is 12.5. The van der Waals surface area contributed by atoms with Gasteiger partial charge in [0.2, 0.25) is 17.7 Å². The highest BCUT2D eigenvalue weighted by Gasteiger charge is 2.44. The van der Waals surface area contributed by atoms with Crippen LogP contribution in [0.25, 0.3) is 0 Å². The Bertz CT molecular complexity index is 438. The Balaban J connectivity index is 1.78. The molecule has 0 spiro atoms. The van der Waals surface area contributed by atoms with E-state index in [4.69, 9.17) is 0 Å². The van der Waals surface area contributed by atoms with E-state index in [0.29, 0.717) is 25.6 Å². The van der Waals surface area contributed by atoms with Gasteiger partial charge in [-0.1, -0.05) is 13.3 Å². The number of nitrogens with zero attached hydrogens (tertiary/aromatic N) is 2. The van der Waals surface area contributed by atoms with E-state index < -0.39 is 0 Å². The lowest BCUT2D eigenvalue weighted by Crippen LogP contribution is -2.42. The van der Waals surface area contributed by atoms with Gasteiger partial charge in [0, 0.05) is 39.0 Å². The highest BCUT2D eigenvalue weighted by Crippen LogP contribution is 2.43. The van der Waals surface area contributed by atoms with Gasteiger partial charge in [0.05, 0.1) is 6.54 Å². The lowest BCUT2D eigenvalue weighted by Gasteiger charge is -2.22. The molecule has 22 heavy (non-hydrogen) atoms. The third-order valence-corrected chi connectivity index (χ3v) is 4.55. The van der Waals surface area contributed by atoms with Gasteiger partial charge in [-0.25, -0.2) is 0 Å². The zero-order chi connectivity index (χ0) is 16.1. The summed E-state index contributed by atoms with van der Waals surface area (Å²) in [6.45, 7) is 6.17. The number of nitrogens with one attached hydrogen (secondary N) is 1. The van der Waals surface area contributed by atoms with Crippen molar-refractivity contribution in [3.63, 3.8) is 0 Å². The number of hydrogen-bond donors (Lipinski definition) is 1. The van der Waals surface area contributed by atoms with Crippen LogP contribution in [0.3, 0.4) is 0 Å². The molecule has 1 N–H and O–H groups in total. The molecular formula is C16H27N3O3. The van der Waals surface area contributed by atoms with Crippen LogP contribution in [-0.4, -0.2) is 60.2 Å². The third-order valence-electron chi connectivity index (χ3n) is 4.55. The summed E-state index contributed by atoms with van der Waals surface area (Å²) in [4.78, 5) is 39.0. The van der Waals surface area contributed by atoms with E-state index >= 15 is 0 Å². The Morgan fingerprint density at radius 2 is 1.77 bits per heavy atom. The summed E-state index contributed by atoms with van der Waals surface area (Å²) >= 11 is 0. The van der Waals surface area contributed by atoms with Crippen molar-refractivity contribution >= 4 is 17.7 Å². The molecule has 0 aromatic carbocycles. The lowest BCUT2D eigenvalue weighted by atomic mass is 10.2. The van der Waals surface area contributed by atoms with Crippen molar-refractivity contribution in [2.45, 2.75) is 39.5 Å². The first-order valence-electron chi connectivity index (χ1n) is 8.34. The summed E-state index contributed by atoms with van der Waals surface area (Å²) in [7, 11) is 0. The Hall–Kier alpha value is -1.59. The van der Waals surface area contributed by atoms with E-state index in [2.05, 4.69) is 12.2 Å². The standard InChI is InChI=1S/C16H27N3O3/c1-3-5-13-10-14(13)16(22)19-7-4-6-18(8-9-19)15(21)11-17-12(2)20/h13-14H,3-11H2,1-2H3,(H,17,20)/t13-,14+/m0/s1. The Kier molecular flexibility index (Phi) is 5.80. The van der Waals surface area contributed by atoms with Crippen molar-refractivity contribution in [2.75, 3.05) is 32.7 Å². The normalized spacial score (nSPS) is 24.6. The van der Waals surface area contributed by atoms with Crippen LogP contribution in [0.5, 0.6) is 0 Å². The number of hydrogen-bond acceptors (Lipinski definition) is 3. The zero-order valence-corrected chi connectivity index (χ0v) is 13.6. The summed E-state index contributed by atoms with van der Waals surface area (Å²) in [5.41, 5.74) is 0. The second kappa shape index (κ2) is 7.61. The van der Waals surface area contributed by atoms with Crippen LogP contribution in [0.15, 0.2) is 0 Å². The van der Waals surface area contributed by atoms with E-state index in [9.17, 15) is 14.4 Å². The fourth-order valence-electron chi connectivity index (χ4n) is 3.17. The number of amides is 3. The largest absolute Gasteiger partial charge is 0.347 e. The molecule has 0 radical (unpaired) electrons. The average Bonchev–Trinajstić information content (AvgIpc) is 3.27. The average molecular weight is 309 g/mol. The Labute approximate surface area is 132 Å². The Morgan fingerprint density at radius 3 is 2.45 bits per heavy atom. The van der Waals surface area contributed by atoms with Gasteiger partial charge in [-0.15, -0.1) is 0 Å². The van der Waals surface area contributed by atoms with Crippen molar-refractivity contribution in [1.82, 2.24) is 15.1 Å². The van der Waals surface area contributed by atoms with Gasteiger partial charge in [0.1, 0.15) is 0 Å². The molecule has 0 aromatic rings. The molecule has 1 aliphatic carbocycles. The minimum atomic E-state index is -0.198. The monoisotopic (exact) mass is 309 g/mol. The van der Waals surface area contributed by atoms with Gasteiger partial charge < -0.3 is 15.1 Å². The van der Waals surface area contributed by atoms with Crippen molar-refractivity contribution < 1.29 is 14.4 Å². The maximum Gasteiger partial charge on any atom is 0.242 e. The highest BCUT2D eigenvalue weighted by molar-refractivity contribution is 5.84. The molecule has 1 saturated carbocycles. The van der Waals surface area contributed by atoms with Gasteiger partial charge in [0.15, 0.2) is 0 Å². The first-order chi connectivity index (χ1) is 10.5. The van der Waals surface area contributed by atoms with Crippen LogP contribution in [0.2, 0.25) is 0 Å². The zero-order valence-electron chi connectivity index (χ0n) is 13.6. The highest BCUT2D eigenvalue weighted by atomic mass is 16.2. The predicted octanol–water partition coefficient (Wildman–Crippen LogP) is 0.620. The smallest absolute Gasteiger partial charge is 0.242 e. The van der Waals surface area contributed by atoms with Gasteiger partial charge >= 0.3 is 0 Å². The van der Waals surface area contributed by atoms with Gasteiger partial charge in [-0.05, 0) is 25.2 Å². The fraction of sp³-hybridized carbons (Fsp3) is 0.812. The van der Waals surface area contributed by atoms with Crippen LogP contribution < -0.4 is 5.32 Å². The summed E-state index contributed by atoms with van der Waals surface area (Å²) in [5.74, 6) is 0.810. The molecule has 2 fully saturated rings. The number of rotatable bonds is 5. The van der Waals surface area contributed by atoms with E-state index in [-0.39, 0.29) is 30.2 Å². The van der Waals surface area contributed by atoms with Crippen molar-refractivity contribution in [3.8, 4) is 0 Å². The van der Waals surface area contributed by atoms with E-state index in [0.717, 1.165) is 32.2 Å². The van der Waals surface area contributed by atoms with Crippen molar-refractivity contribution in [3.05, 3.63) is 0 Å². The molecule has 2 aliphatic rings. The predicted molar refractivity (Wildman–Crippen MR) is 83.0 cm³/mol. The lowest BCUT2D eigenvalue weighted by molar-refractivity contribution is -0.134. The molecule has 1 aliphatic heterocycles. The molecule has 1 heterocycles. The van der Waals surface area contributed by atoms with Gasteiger partial charge in [-0.3, -0.25) is 14.4 Å². The fourth-order valence-corrected chi connectivity index (χ4v) is 3.17. The molecular weight excluding hydrogens is 282 g/mol.